The predicted molar refractivity (Wildman–Crippen MR) is 157 cm³/mol. The van der Waals surface area contributed by atoms with Gasteiger partial charge < -0.3 is 10.6 Å². The fourth-order valence-corrected chi connectivity index (χ4v) is 6.41. The maximum absolute atomic E-state index is 15.4. The third kappa shape index (κ3) is 6.70. The van der Waals surface area contributed by atoms with E-state index in [0.717, 1.165) is 25.4 Å². The number of pyridine rings is 2. The summed E-state index contributed by atoms with van der Waals surface area (Å²) in [6.45, 7) is 2.26. The van der Waals surface area contributed by atoms with Gasteiger partial charge in [-0.15, -0.1) is 0 Å². The van der Waals surface area contributed by atoms with E-state index in [0.29, 0.717) is 15.8 Å². The normalized spacial score (nSPS) is 11.7. The second-order valence-electron chi connectivity index (χ2n) is 8.60. The molecule has 39 heavy (non-hydrogen) atoms. The standard InChI is InChI=1S/C29H23BrFN5OS2/c1-18-11-13-32-24(15-18)36-29-35-17-25(39-29)38-23-12-14-33-27(26(23)31)28(37)34-16-21(19-7-3-2-4-8-19)20-9-5-6-10-22(20)30/h2-15,17,21H,16H2,1H3,(H,34,37)(H,32,35,36)/t21-/m1/s1. The largest absolute Gasteiger partial charge is 0.350 e. The van der Waals surface area contributed by atoms with Crippen LogP contribution in [0.1, 0.15) is 33.1 Å². The van der Waals surface area contributed by atoms with Crippen molar-refractivity contribution in [1.82, 2.24) is 20.3 Å². The monoisotopic (exact) mass is 619 g/mol. The Morgan fingerprint density at radius 2 is 1.79 bits per heavy atom. The Hall–Kier alpha value is -3.60. The van der Waals surface area contributed by atoms with E-state index in [4.69, 9.17) is 0 Å². The van der Waals surface area contributed by atoms with E-state index in [2.05, 4.69) is 41.5 Å². The van der Waals surface area contributed by atoms with Crippen molar-refractivity contribution in [3.8, 4) is 0 Å². The van der Waals surface area contributed by atoms with E-state index in [9.17, 15) is 4.79 Å². The molecule has 10 heteroatoms. The maximum atomic E-state index is 15.4. The molecule has 0 aliphatic rings. The first-order valence-corrected chi connectivity index (χ1v) is 14.5. The average Bonchev–Trinajstić information content (AvgIpc) is 3.38. The Morgan fingerprint density at radius 3 is 2.59 bits per heavy atom. The van der Waals surface area contributed by atoms with E-state index < -0.39 is 11.7 Å². The van der Waals surface area contributed by atoms with Crippen LogP contribution in [0.25, 0.3) is 0 Å². The molecule has 0 saturated carbocycles. The quantitative estimate of drug-likeness (QED) is 0.177. The van der Waals surface area contributed by atoms with E-state index >= 15 is 4.39 Å². The van der Waals surface area contributed by atoms with Gasteiger partial charge in [0.15, 0.2) is 16.6 Å². The second kappa shape index (κ2) is 12.5. The molecule has 3 aromatic heterocycles. The summed E-state index contributed by atoms with van der Waals surface area (Å²) >= 11 is 6.19. The first-order chi connectivity index (χ1) is 19.0. The summed E-state index contributed by atoms with van der Waals surface area (Å²) in [6.07, 6.45) is 4.83. The molecular weight excluding hydrogens is 597 g/mol. The van der Waals surface area contributed by atoms with Crippen molar-refractivity contribution >= 4 is 55.9 Å². The topological polar surface area (TPSA) is 79.8 Å². The van der Waals surface area contributed by atoms with Crippen LogP contribution in [0.15, 0.2) is 105 Å². The van der Waals surface area contributed by atoms with Gasteiger partial charge in [-0.1, -0.05) is 87.6 Å². The third-order valence-corrected chi connectivity index (χ3v) is 8.64. The van der Waals surface area contributed by atoms with Crippen LogP contribution in [0.5, 0.6) is 0 Å². The molecule has 0 radical (unpaired) electrons. The van der Waals surface area contributed by atoms with Gasteiger partial charge in [0.1, 0.15) is 5.82 Å². The molecule has 0 spiro atoms. The highest BCUT2D eigenvalue weighted by Gasteiger charge is 2.22. The summed E-state index contributed by atoms with van der Waals surface area (Å²) in [5.41, 5.74) is 2.90. The summed E-state index contributed by atoms with van der Waals surface area (Å²) in [5, 5.41) is 6.70. The zero-order chi connectivity index (χ0) is 27.2. The molecule has 196 valence electrons. The van der Waals surface area contributed by atoms with Crippen LogP contribution >= 0.6 is 39.0 Å². The fraction of sp³-hybridized carbons (Fsp3) is 0.103. The van der Waals surface area contributed by atoms with Gasteiger partial charge in [-0.3, -0.25) is 4.79 Å². The van der Waals surface area contributed by atoms with Gasteiger partial charge in [-0.05, 0) is 47.9 Å². The van der Waals surface area contributed by atoms with Crippen molar-refractivity contribution in [2.75, 3.05) is 11.9 Å². The summed E-state index contributed by atoms with van der Waals surface area (Å²) in [7, 11) is 0. The summed E-state index contributed by atoms with van der Waals surface area (Å²) in [6, 6.07) is 23.2. The first kappa shape index (κ1) is 27.0. The number of amides is 1. The highest BCUT2D eigenvalue weighted by atomic mass is 79.9. The van der Waals surface area contributed by atoms with Crippen LogP contribution in [-0.4, -0.2) is 27.4 Å². The number of carbonyl (C=O) groups is 1. The van der Waals surface area contributed by atoms with Crippen LogP contribution in [0.2, 0.25) is 0 Å². The Balaban J connectivity index is 1.30. The molecule has 2 aromatic carbocycles. The summed E-state index contributed by atoms with van der Waals surface area (Å²) in [5.74, 6) is -0.677. The molecule has 0 aliphatic heterocycles. The highest BCUT2D eigenvalue weighted by molar-refractivity contribution is 9.10. The van der Waals surface area contributed by atoms with Crippen LogP contribution in [-0.2, 0) is 0 Å². The molecule has 5 rings (SSSR count). The van der Waals surface area contributed by atoms with Crippen molar-refractivity contribution in [2.24, 2.45) is 0 Å². The number of rotatable bonds is 9. The molecule has 0 unspecified atom stereocenters. The van der Waals surface area contributed by atoms with Crippen LogP contribution in [0.3, 0.4) is 0 Å². The molecule has 0 bridgehead atoms. The number of hydrogen-bond donors (Lipinski definition) is 2. The Kier molecular flexibility index (Phi) is 8.65. The van der Waals surface area contributed by atoms with Crippen LogP contribution in [0, 0.1) is 12.7 Å². The number of anilines is 2. The smallest absolute Gasteiger partial charge is 0.273 e. The van der Waals surface area contributed by atoms with Crippen molar-refractivity contribution in [3.05, 3.63) is 124 Å². The van der Waals surface area contributed by atoms with E-state index in [1.54, 1.807) is 18.5 Å². The number of carbonyl (C=O) groups excluding carboxylic acids is 1. The first-order valence-electron chi connectivity index (χ1n) is 12.0. The van der Waals surface area contributed by atoms with Gasteiger partial charge in [0.2, 0.25) is 0 Å². The number of nitrogens with one attached hydrogen (secondary N) is 2. The second-order valence-corrected chi connectivity index (χ2v) is 11.8. The average molecular weight is 621 g/mol. The molecule has 5 aromatic rings. The van der Waals surface area contributed by atoms with E-state index in [1.165, 1.54) is 29.3 Å². The van der Waals surface area contributed by atoms with Gasteiger partial charge in [-0.2, -0.15) is 0 Å². The number of aromatic nitrogens is 3. The number of hydrogen-bond acceptors (Lipinski definition) is 7. The van der Waals surface area contributed by atoms with Crippen molar-refractivity contribution in [1.29, 1.82) is 0 Å². The van der Waals surface area contributed by atoms with Crippen molar-refractivity contribution in [2.45, 2.75) is 21.9 Å². The van der Waals surface area contributed by atoms with Gasteiger partial charge in [0.25, 0.3) is 5.91 Å². The Labute approximate surface area is 242 Å². The fourth-order valence-electron chi connectivity index (χ4n) is 3.98. The Bertz CT molecular complexity index is 1600. The lowest BCUT2D eigenvalue weighted by Gasteiger charge is -2.20. The third-order valence-electron chi connectivity index (χ3n) is 5.86. The highest BCUT2D eigenvalue weighted by Crippen LogP contribution is 2.36. The zero-order valence-electron chi connectivity index (χ0n) is 20.8. The summed E-state index contributed by atoms with van der Waals surface area (Å²) in [4.78, 5) is 26.1. The molecule has 6 nitrogen and oxygen atoms in total. The minimum absolute atomic E-state index is 0.127. The number of benzene rings is 2. The van der Waals surface area contributed by atoms with E-state index in [1.807, 2.05) is 73.7 Å². The minimum Gasteiger partial charge on any atom is -0.350 e. The zero-order valence-corrected chi connectivity index (χ0v) is 24.0. The van der Waals surface area contributed by atoms with Gasteiger partial charge in [-0.25, -0.2) is 19.3 Å². The van der Waals surface area contributed by atoms with Gasteiger partial charge >= 0.3 is 0 Å². The minimum atomic E-state index is -0.666. The molecular formula is C29H23BrFN5OS2. The number of nitrogens with zero attached hydrogens (tertiary/aromatic N) is 3. The molecule has 0 aliphatic carbocycles. The molecule has 3 heterocycles. The molecule has 0 saturated heterocycles. The number of halogens is 2. The Morgan fingerprint density at radius 1 is 1.03 bits per heavy atom. The lowest BCUT2D eigenvalue weighted by molar-refractivity contribution is 0.0942. The lowest BCUT2D eigenvalue weighted by Crippen LogP contribution is -2.30. The maximum Gasteiger partial charge on any atom is 0.273 e. The van der Waals surface area contributed by atoms with Gasteiger partial charge in [0.05, 0.1) is 15.3 Å². The van der Waals surface area contributed by atoms with E-state index in [-0.39, 0.29) is 18.2 Å². The van der Waals surface area contributed by atoms with Crippen LogP contribution < -0.4 is 10.6 Å². The van der Waals surface area contributed by atoms with Crippen molar-refractivity contribution < 1.29 is 9.18 Å². The predicted octanol–water partition coefficient (Wildman–Crippen LogP) is 7.60. The van der Waals surface area contributed by atoms with Gasteiger partial charge in [0, 0.05) is 29.3 Å². The van der Waals surface area contributed by atoms with Crippen LogP contribution in [0.4, 0.5) is 15.3 Å². The van der Waals surface area contributed by atoms with Crippen molar-refractivity contribution in [3.63, 3.8) is 0 Å². The number of aryl methyl sites for hydroxylation is 1. The SMILES string of the molecule is Cc1ccnc(Nc2ncc(Sc3ccnc(C(=O)NC[C@H](c4ccccc4)c4ccccc4Br)c3F)s2)c1. The number of thiazole rings is 1. The lowest BCUT2D eigenvalue weighted by atomic mass is 9.91. The molecule has 2 N–H and O–H groups in total. The molecule has 1 atom stereocenters. The summed E-state index contributed by atoms with van der Waals surface area (Å²) < 4.78 is 17.1. The molecule has 0 fully saturated rings. The molecule has 1 amide bonds.